The van der Waals surface area contributed by atoms with E-state index in [0.717, 1.165) is 5.56 Å². The number of anilines is 2. The van der Waals surface area contributed by atoms with E-state index in [2.05, 4.69) is 20.7 Å². The fourth-order valence-electron chi connectivity index (χ4n) is 3.05. The molecule has 2 aromatic carbocycles. The standard InChI is InChI=1S/C19H15Cl2N5O3/c20-13-6-5-11(7-14(13)21)24-18(28)9-29-16-4-2-1-3-12(16)15-8-17(27)25-19-22-10-23-26(15)19/h1-7,10,15H,8-9H2,(H,24,28)(H,22,23,25,27). The van der Waals surface area contributed by atoms with Gasteiger partial charge in [0, 0.05) is 11.3 Å². The Balaban J connectivity index is 1.49. The summed E-state index contributed by atoms with van der Waals surface area (Å²) in [6.07, 6.45) is 1.56. The van der Waals surface area contributed by atoms with Crippen LogP contribution >= 0.6 is 23.2 Å². The highest BCUT2D eigenvalue weighted by atomic mass is 35.5. The first kappa shape index (κ1) is 19.2. The zero-order chi connectivity index (χ0) is 20.4. The van der Waals surface area contributed by atoms with Gasteiger partial charge >= 0.3 is 0 Å². The Hall–Kier alpha value is -3.10. The van der Waals surface area contributed by atoms with Gasteiger partial charge in [0.2, 0.25) is 11.9 Å². The summed E-state index contributed by atoms with van der Waals surface area (Å²) in [5, 5.41) is 10.3. The SMILES string of the molecule is O=C(COc1ccccc1C1CC(=O)Nc2ncnn21)Nc1ccc(Cl)c(Cl)c1. The number of rotatable bonds is 5. The Morgan fingerprint density at radius 2 is 2.07 bits per heavy atom. The van der Waals surface area contributed by atoms with Crippen LogP contribution < -0.4 is 15.4 Å². The minimum absolute atomic E-state index is 0.164. The predicted octanol–water partition coefficient (Wildman–Crippen LogP) is 3.53. The number of halogens is 2. The highest BCUT2D eigenvalue weighted by Gasteiger charge is 2.29. The summed E-state index contributed by atoms with van der Waals surface area (Å²) in [7, 11) is 0. The molecule has 0 spiro atoms. The van der Waals surface area contributed by atoms with Crippen LogP contribution in [-0.2, 0) is 9.59 Å². The number of hydrogen-bond acceptors (Lipinski definition) is 5. The fraction of sp³-hybridized carbons (Fsp3) is 0.158. The van der Waals surface area contributed by atoms with Crippen LogP contribution in [0.15, 0.2) is 48.8 Å². The summed E-state index contributed by atoms with van der Waals surface area (Å²) in [4.78, 5) is 28.3. The van der Waals surface area contributed by atoms with E-state index in [9.17, 15) is 9.59 Å². The lowest BCUT2D eigenvalue weighted by molar-refractivity contribution is -0.118. The average Bonchev–Trinajstić information content (AvgIpc) is 3.17. The number of nitrogens with zero attached hydrogens (tertiary/aromatic N) is 3. The molecule has 0 aliphatic carbocycles. The van der Waals surface area contributed by atoms with Crippen molar-refractivity contribution in [3.63, 3.8) is 0 Å². The molecule has 4 rings (SSSR count). The fourth-order valence-corrected chi connectivity index (χ4v) is 3.35. The van der Waals surface area contributed by atoms with Crippen LogP contribution in [0.4, 0.5) is 11.6 Å². The van der Waals surface area contributed by atoms with Gasteiger partial charge in [-0.05, 0) is 24.3 Å². The quantitative estimate of drug-likeness (QED) is 0.643. The molecule has 1 aliphatic heterocycles. The average molecular weight is 432 g/mol. The van der Waals surface area contributed by atoms with Gasteiger partial charge in [-0.15, -0.1) is 0 Å². The summed E-state index contributed by atoms with van der Waals surface area (Å²) in [6.45, 7) is -0.222. The topological polar surface area (TPSA) is 98.1 Å². The molecule has 10 heteroatoms. The Kier molecular flexibility index (Phi) is 5.37. The van der Waals surface area contributed by atoms with Gasteiger partial charge in [0.1, 0.15) is 12.1 Å². The predicted molar refractivity (Wildman–Crippen MR) is 108 cm³/mol. The first-order valence-corrected chi connectivity index (χ1v) is 9.43. The lowest BCUT2D eigenvalue weighted by Gasteiger charge is -2.25. The molecular formula is C19H15Cl2N5O3. The smallest absolute Gasteiger partial charge is 0.262 e. The lowest BCUT2D eigenvalue weighted by Crippen LogP contribution is -2.29. The number of aromatic nitrogens is 3. The van der Waals surface area contributed by atoms with Crippen molar-refractivity contribution in [3.8, 4) is 5.75 Å². The Bertz CT molecular complexity index is 1090. The molecule has 2 heterocycles. The number of hydrogen-bond donors (Lipinski definition) is 2. The van der Waals surface area contributed by atoms with Gasteiger partial charge in [-0.1, -0.05) is 41.4 Å². The maximum Gasteiger partial charge on any atom is 0.262 e. The summed E-state index contributed by atoms with van der Waals surface area (Å²) < 4.78 is 7.37. The number of para-hydroxylation sites is 1. The summed E-state index contributed by atoms with van der Waals surface area (Å²) in [5.41, 5.74) is 1.24. The summed E-state index contributed by atoms with van der Waals surface area (Å²) >= 11 is 11.8. The van der Waals surface area contributed by atoms with Crippen molar-refractivity contribution in [3.05, 3.63) is 64.4 Å². The largest absolute Gasteiger partial charge is 0.483 e. The second-order valence-electron chi connectivity index (χ2n) is 6.30. The first-order valence-electron chi connectivity index (χ1n) is 8.67. The van der Waals surface area contributed by atoms with Crippen LogP contribution in [0.5, 0.6) is 5.75 Å². The first-order chi connectivity index (χ1) is 14.0. The molecule has 8 nitrogen and oxygen atoms in total. The van der Waals surface area contributed by atoms with E-state index >= 15 is 0 Å². The zero-order valence-corrected chi connectivity index (χ0v) is 16.4. The molecule has 0 bridgehead atoms. The third-order valence-electron chi connectivity index (χ3n) is 4.34. The molecule has 148 valence electrons. The minimum Gasteiger partial charge on any atom is -0.483 e. The van der Waals surface area contributed by atoms with Crippen molar-refractivity contribution in [2.24, 2.45) is 0 Å². The number of amides is 2. The molecule has 0 fully saturated rings. The number of benzene rings is 2. The lowest BCUT2D eigenvalue weighted by atomic mass is 10.0. The highest BCUT2D eigenvalue weighted by molar-refractivity contribution is 6.42. The highest BCUT2D eigenvalue weighted by Crippen LogP contribution is 2.34. The van der Waals surface area contributed by atoms with Crippen LogP contribution in [0, 0.1) is 0 Å². The molecule has 1 unspecified atom stereocenters. The van der Waals surface area contributed by atoms with Crippen molar-refractivity contribution >= 4 is 46.7 Å². The normalized spacial score (nSPS) is 15.4. The second kappa shape index (κ2) is 8.10. The molecule has 2 amide bonds. The van der Waals surface area contributed by atoms with E-state index in [-0.39, 0.29) is 30.9 Å². The van der Waals surface area contributed by atoms with Crippen LogP contribution in [0.2, 0.25) is 10.0 Å². The molecule has 1 aliphatic rings. The number of ether oxygens (including phenoxy) is 1. The van der Waals surface area contributed by atoms with Crippen molar-refractivity contribution in [1.29, 1.82) is 0 Å². The molecule has 1 aromatic heterocycles. The van der Waals surface area contributed by atoms with Crippen molar-refractivity contribution in [2.75, 3.05) is 17.2 Å². The van der Waals surface area contributed by atoms with Gasteiger partial charge in [0.15, 0.2) is 6.61 Å². The maximum atomic E-state index is 12.3. The van der Waals surface area contributed by atoms with Crippen molar-refractivity contribution < 1.29 is 14.3 Å². The van der Waals surface area contributed by atoms with E-state index in [1.807, 2.05) is 12.1 Å². The molecule has 0 radical (unpaired) electrons. The Labute approximate surface area is 175 Å². The molecule has 1 atom stereocenters. The molecule has 0 saturated carbocycles. The molecular weight excluding hydrogens is 417 g/mol. The maximum absolute atomic E-state index is 12.3. The van der Waals surface area contributed by atoms with E-state index in [4.69, 9.17) is 27.9 Å². The Morgan fingerprint density at radius 3 is 2.90 bits per heavy atom. The van der Waals surface area contributed by atoms with Crippen LogP contribution in [0.3, 0.4) is 0 Å². The van der Waals surface area contributed by atoms with E-state index in [0.29, 0.717) is 27.4 Å². The number of carbonyl (C=O) groups is 2. The number of carbonyl (C=O) groups excluding carboxylic acids is 2. The monoisotopic (exact) mass is 431 g/mol. The zero-order valence-electron chi connectivity index (χ0n) is 14.9. The molecule has 2 N–H and O–H groups in total. The Morgan fingerprint density at radius 1 is 1.24 bits per heavy atom. The van der Waals surface area contributed by atoms with Crippen LogP contribution in [0.25, 0.3) is 0 Å². The van der Waals surface area contributed by atoms with Crippen LogP contribution in [0.1, 0.15) is 18.0 Å². The summed E-state index contributed by atoms with van der Waals surface area (Å²) in [5.74, 6) is 0.333. The van der Waals surface area contributed by atoms with Gasteiger partial charge in [0.05, 0.1) is 22.5 Å². The molecule has 3 aromatic rings. The van der Waals surface area contributed by atoms with Crippen LogP contribution in [-0.4, -0.2) is 33.2 Å². The number of nitrogens with one attached hydrogen (secondary N) is 2. The van der Waals surface area contributed by atoms with Gasteiger partial charge in [-0.2, -0.15) is 10.1 Å². The van der Waals surface area contributed by atoms with Gasteiger partial charge < -0.3 is 10.1 Å². The van der Waals surface area contributed by atoms with Crippen molar-refractivity contribution in [2.45, 2.75) is 12.5 Å². The molecule has 29 heavy (non-hydrogen) atoms. The van der Waals surface area contributed by atoms with Gasteiger partial charge in [0.25, 0.3) is 5.91 Å². The second-order valence-corrected chi connectivity index (χ2v) is 7.11. The molecule has 0 saturated heterocycles. The number of fused-ring (bicyclic) bond motifs is 1. The third-order valence-corrected chi connectivity index (χ3v) is 5.08. The third kappa shape index (κ3) is 4.18. The van der Waals surface area contributed by atoms with Crippen molar-refractivity contribution in [1.82, 2.24) is 14.8 Å². The van der Waals surface area contributed by atoms with E-state index in [1.54, 1.807) is 35.0 Å². The minimum atomic E-state index is -0.379. The summed E-state index contributed by atoms with van der Waals surface area (Å²) in [6, 6.07) is 11.6. The van der Waals surface area contributed by atoms with E-state index in [1.165, 1.54) is 6.33 Å². The van der Waals surface area contributed by atoms with E-state index < -0.39 is 0 Å². The van der Waals surface area contributed by atoms with Gasteiger partial charge in [-0.3, -0.25) is 14.9 Å². The van der Waals surface area contributed by atoms with Gasteiger partial charge in [-0.25, -0.2) is 4.68 Å².